The van der Waals surface area contributed by atoms with Gasteiger partial charge in [0.1, 0.15) is 0 Å². The minimum Gasteiger partial charge on any atom is -0.317 e. The zero-order valence-corrected chi connectivity index (χ0v) is 14.8. The van der Waals surface area contributed by atoms with Crippen LogP contribution in [0, 0.1) is 0 Å². The zero-order valence-electron chi connectivity index (χ0n) is 10.9. The average molecular weight is 350 g/mol. The summed E-state index contributed by atoms with van der Waals surface area (Å²) in [6, 6.07) is 0. The van der Waals surface area contributed by atoms with Gasteiger partial charge in [-0.15, -0.1) is 0 Å². The third kappa shape index (κ3) is 32.7. The van der Waals surface area contributed by atoms with Gasteiger partial charge >= 0.3 is 15.6 Å². The Bertz CT molecular complexity index is 254. The van der Waals surface area contributed by atoms with Crippen molar-refractivity contribution in [2.24, 2.45) is 0 Å². The molecule has 13 heteroatoms. The van der Waals surface area contributed by atoms with Crippen molar-refractivity contribution in [1.82, 2.24) is 10.6 Å². The molecular formula is C6H20CaN2O8P2. The predicted molar refractivity (Wildman–Crippen MR) is 69.6 cm³/mol. The number of nitrogens with one attached hydrogen (secondary N) is 2. The molecular weight excluding hydrogens is 330 g/mol. The largest absolute Gasteiger partial charge is 0.469 e. The van der Waals surface area contributed by atoms with E-state index in [-0.39, 0.29) is 51.0 Å². The minimum absolute atomic E-state index is 0. The van der Waals surface area contributed by atoms with Crippen LogP contribution in [-0.4, -0.2) is 97.7 Å². The first kappa shape index (κ1) is 25.4. The topological polar surface area (TPSA) is 158 Å². The molecule has 0 rings (SSSR count). The Hall–Kier alpha value is 1.40. The van der Waals surface area contributed by atoms with Crippen molar-refractivity contribution in [2.75, 3.05) is 40.4 Å². The molecule has 0 unspecified atom stereocenters. The summed E-state index contributed by atoms with van der Waals surface area (Å²) in [6.45, 7) is 0.928. The first-order valence-electron chi connectivity index (χ1n) is 4.81. The van der Waals surface area contributed by atoms with Gasteiger partial charge in [-0.25, -0.2) is 9.13 Å². The van der Waals surface area contributed by atoms with E-state index >= 15 is 0 Å². The fourth-order valence-corrected chi connectivity index (χ4v) is 1.19. The fourth-order valence-electron chi connectivity index (χ4n) is 0.533. The van der Waals surface area contributed by atoms with Gasteiger partial charge in [0.25, 0.3) is 0 Å². The van der Waals surface area contributed by atoms with Gasteiger partial charge in [-0.2, -0.15) is 0 Å². The summed E-state index contributed by atoms with van der Waals surface area (Å²) in [5, 5.41) is 5.34. The molecule has 0 aliphatic carbocycles. The van der Waals surface area contributed by atoms with Gasteiger partial charge in [0.15, 0.2) is 0 Å². The third-order valence-corrected chi connectivity index (χ3v) is 2.26. The van der Waals surface area contributed by atoms with Crippen LogP contribution in [0.4, 0.5) is 0 Å². The minimum atomic E-state index is -4.24. The maximum atomic E-state index is 9.95. The second kappa shape index (κ2) is 14.3. The van der Waals surface area contributed by atoms with Crippen LogP contribution in [-0.2, 0) is 18.2 Å². The van der Waals surface area contributed by atoms with Gasteiger partial charge < -0.3 is 30.2 Å². The number of hydrogen-bond donors (Lipinski definition) is 6. The Morgan fingerprint density at radius 2 is 1.11 bits per heavy atom. The molecule has 10 nitrogen and oxygen atoms in total. The van der Waals surface area contributed by atoms with Gasteiger partial charge in [0.05, 0.1) is 13.2 Å². The van der Waals surface area contributed by atoms with Crippen LogP contribution in [0.1, 0.15) is 0 Å². The van der Waals surface area contributed by atoms with Crippen molar-refractivity contribution in [2.45, 2.75) is 0 Å². The molecule has 0 aromatic heterocycles. The van der Waals surface area contributed by atoms with E-state index in [0.717, 1.165) is 0 Å². The van der Waals surface area contributed by atoms with Crippen LogP contribution in [0.25, 0.3) is 0 Å². The Kier molecular flexibility index (Phi) is 19.1. The molecule has 0 saturated heterocycles. The number of likely N-dealkylation sites (N-methyl/N-ethyl adjacent to an activating group) is 2. The maximum Gasteiger partial charge on any atom is 0.469 e. The average Bonchev–Trinajstić information content (AvgIpc) is 2.16. The van der Waals surface area contributed by atoms with Gasteiger partial charge in [-0.05, 0) is 14.1 Å². The molecule has 2 radical (unpaired) electrons. The standard InChI is InChI=1S/2C3H10NO4P.Ca/c2*1-4-2-3-8-9(5,6)7;/h2*4H,2-3H2,1H3,(H2,5,6,7);. The van der Waals surface area contributed by atoms with Crippen LogP contribution in [0.2, 0.25) is 0 Å². The van der Waals surface area contributed by atoms with Gasteiger partial charge in [-0.3, -0.25) is 9.05 Å². The van der Waals surface area contributed by atoms with Crippen LogP contribution in [0.15, 0.2) is 0 Å². The molecule has 0 bridgehead atoms. The molecule has 0 heterocycles. The molecule has 0 fully saturated rings. The normalized spacial score (nSPS) is 11.3. The molecule has 114 valence electrons. The summed E-state index contributed by atoms with van der Waals surface area (Å²) in [6.07, 6.45) is 0. The molecule has 0 saturated carbocycles. The summed E-state index contributed by atoms with van der Waals surface area (Å²) in [5.41, 5.74) is 0. The van der Waals surface area contributed by atoms with E-state index in [1.807, 2.05) is 0 Å². The molecule has 0 atom stereocenters. The van der Waals surface area contributed by atoms with Crippen molar-refractivity contribution in [3.63, 3.8) is 0 Å². The van der Waals surface area contributed by atoms with Crippen molar-refractivity contribution in [1.29, 1.82) is 0 Å². The molecule has 0 aliphatic rings. The Labute approximate surface area is 141 Å². The van der Waals surface area contributed by atoms with Gasteiger partial charge in [0.2, 0.25) is 0 Å². The van der Waals surface area contributed by atoms with Crippen molar-refractivity contribution < 1.29 is 37.8 Å². The van der Waals surface area contributed by atoms with Crippen LogP contribution >= 0.6 is 15.6 Å². The SMILES string of the molecule is CNCCOP(=O)(O)O.CNCCOP(=O)(O)O.[Ca]. The van der Waals surface area contributed by atoms with E-state index in [1.54, 1.807) is 14.1 Å². The monoisotopic (exact) mass is 350 g/mol. The summed E-state index contributed by atoms with van der Waals surface area (Å²) in [4.78, 5) is 32.4. The second-order valence-electron chi connectivity index (χ2n) is 2.85. The third-order valence-electron chi connectivity index (χ3n) is 1.22. The number of rotatable bonds is 8. The summed E-state index contributed by atoms with van der Waals surface area (Å²) in [5.74, 6) is 0. The molecule has 0 aromatic carbocycles. The number of phosphoric ester groups is 2. The molecule has 0 amide bonds. The Morgan fingerprint density at radius 3 is 1.26 bits per heavy atom. The van der Waals surface area contributed by atoms with Gasteiger partial charge in [-0.1, -0.05) is 0 Å². The Morgan fingerprint density at radius 1 is 0.842 bits per heavy atom. The summed E-state index contributed by atoms with van der Waals surface area (Å²) in [7, 11) is -5.13. The van der Waals surface area contributed by atoms with E-state index in [1.165, 1.54) is 0 Å². The zero-order chi connectivity index (χ0) is 14.7. The van der Waals surface area contributed by atoms with Crippen molar-refractivity contribution in [3.05, 3.63) is 0 Å². The van der Waals surface area contributed by atoms with E-state index in [2.05, 4.69) is 19.7 Å². The van der Waals surface area contributed by atoms with E-state index < -0.39 is 15.6 Å². The predicted octanol–water partition coefficient (Wildman–Crippen LogP) is -1.75. The Balaban J connectivity index is -0.000000256. The van der Waals surface area contributed by atoms with E-state index in [9.17, 15) is 9.13 Å². The molecule has 0 spiro atoms. The van der Waals surface area contributed by atoms with Crippen LogP contribution < -0.4 is 10.6 Å². The second-order valence-corrected chi connectivity index (χ2v) is 5.33. The first-order chi connectivity index (χ1) is 8.12. The van der Waals surface area contributed by atoms with Crippen molar-refractivity contribution >= 4 is 53.4 Å². The molecule has 0 aliphatic heterocycles. The van der Waals surface area contributed by atoms with Crippen LogP contribution in [0.3, 0.4) is 0 Å². The van der Waals surface area contributed by atoms with Gasteiger partial charge in [0, 0.05) is 50.8 Å². The smallest absolute Gasteiger partial charge is 0.317 e. The quantitative estimate of drug-likeness (QED) is 0.168. The molecule has 19 heavy (non-hydrogen) atoms. The summed E-state index contributed by atoms with van der Waals surface area (Å²) >= 11 is 0. The van der Waals surface area contributed by atoms with E-state index in [4.69, 9.17) is 19.6 Å². The fraction of sp³-hybridized carbons (Fsp3) is 1.00. The molecule has 6 N–H and O–H groups in total. The number of hydrogen-bond acceptors (Lipinski definition) is 6. The van der Waals surface area contributed by atoms with E-state index in [0.29, 0.717) is 13.1 Å². The molecule has 0 aromatic rings. The summed E-state index contributed by atoms with van der Waals surface area (Å²) < 4.78 is 28.0. The van der Waals surface area contributed by atoms with Crippen LogP contribution in [0.5, 0.6) is 0 Å². The number of phosphoric acid groups is 2. The van der Waals surface area contributed by atoms with Crippen molar-refractivity contribution in [3.8, 4) is 0 Å². The first-order valence-corrected chi connectivity index (χ1v) is 7.88. The maximum absolute atomic E-state index is 9.95.